The monoisotopic (exact) mass is 349 g/mol. The maximum Gasteiger partial charge on any atom is 0.310 e. The Balaban J connectivity index is 2.71. The molecule has 5 nitrogen and oxygen atoms in total. The molecule has 0 saturated carbocycles. The molecule has 0 fully saturated rings. The lowest BCUT2D eigenvalue weighted by Crippen LogP contribution is -2.38. The first kappa shape index (κ1) is 21.2. The number of rotatable bonds is 11. The molecule has 1 aromatic carbocycles. The van der Waals surface area contributed by atoms with E-state index < -0.39 is 0 Å². The molecule has 1 atom stereocenters. The van der Waals surface area contributed by atoms with Crippen LogP contribution in [-0.4, -0.2) is 50.2 Å². The van der Waals surface area contributed by atoms with Crippen LogP contribution >= 0.6 is 0 Å². The molecular formula is C20H31NO4. The van der Waals surface area contributed by atoms with Gasteiger partial charge in [0.05, 0.1) is 13.0 Å². The van der Waals surface area contributed by atoms with E-state index in [1.807, 2.05) is 31.2 Å². The highest BCUT2D eigenvalue weighted by Gasteiger charge is 2.23. The maximum atomic E-state index is 12.9. The van der Waals surface area contributed by atoms with E-state index in [1.54, 1.807) is 11.8 Å². The van der Waals surface area contributed by atoms with Gasteiger partial charge in [-0.15, -0.1) is 0 Å². The van der Waals surface area contributed by atoms with Gasteiger partial charge < -0.3 is 14.4 Å². The van der Waals surface area contributed by atoms with Crippen LogP contribution in [0.5, 0.6) is 0 Å². The Hall–Kier alpha value is -1.88. The highest BCUT2D eigenvalue weighted by atomic mass is 16.5. The second-order valence-electron chi connectivity index (χ2n) is 6.31. The topological polar surface area (TPSA) is 55.8 Å². The predicted octanol–water partition coefficient (Wildman–Crippen LogP) is 3.45. The van der Waals surface area contributed by atoms with Gasteiger partial charge in [-0.2, -0.15) is 0 Å². The normalized spacial score (nSPS) is 11.8. The summed E-state index contributed by atoms with van der Waals surface area (Å²) in [6, 6.07) is 7.51. The molecule has 0 heterocycles. The second-order valence-corrected chi connectivity index (χ2v) is 6.31. The van der Waals surface area contributed by atoms with Crippen molar-refractivity contribution < 1.29 is 19.1 Å². The van der Waals surface area contributed by atoms with Crippen LogP contribution in [0.25, 0.3) is 0 Å². The fourth-order valence-corrected chi connectivity index (χ4v) is 2.57. The third-order valence-corrected chi connectivity index (χ3v) is 4.12. The molecule has 0 N–H and O–H groups in total. The fraction of sp³-hybridized carbons (Fsp3) is 0.600. The Morgan fingerprint density at radius 1 is 1.16 bits per heavy atom. The lowest BCUT2D eigenvalue weighted by Gasteiger charge is -2.26. The third kappa shape index (κ3) is 7.26. The van der Waals surface area contributed by atoms with E-state index in [0.717, 1.165) is 31.4 Å². The first-order valence-corrected chi connectivity index (χ1v) is 9.01. The van der Waals surface area contributed by atoms with Crippen molar-refractivity contribution in [1.29, 1.82) is 0 Å². The van der Waals surface area contributed by atoms with Crippen molar-refractivity contribution in [2.75, 3.05) is 33.4 Å². The molecule has 140 valence electrons. The van der Waals surface area contributed by atoms with E-state index in [4.69, 9.17) is 9.47 Å². The van der Waals surface area contributed by atoms with Crippen molar-refractivity contribution in [3.8, 4) is 0 Å². The van der Waals surface area contributed by atoms with Gasteiger partial charge in [-0.1, -0.05) is 38.5 Å². The van der Waals surface area contributed by atoms with Gasteiger partial charge in [0.2, 0.25) is 0 Å². The Labute approximate surface area is 151 Å². The molecule has 0 aliphatic heterocycles. The molecular weight excluding hydrogens is 318 g/mol. The standard InChI is InChI=1S/C20H31NO4/c1-5-6-13-25-14-9-12-21(15-17(3)20(23)24-4)19(22)18-11-8-7-10-16(18)2/h7-8,10-11,17H,5-6,9,12-15H2,1-4H3. The molecule has 25 heavy (non-hydrogen) atoms. The van der Waals surface area contributed by atoms with E-state index in [2.05, 4.69) is 6.92 Å². The highest BCUT2D eigenvalue weighted by molar-refractivity contribution is 5.95. The van der Waals surface area contributed by atoms with Gasteiger partial charge in [0.15, 0.2) is 0 Å². The van der Waals surface area contributed by atoms with Gasteiger partial charge in [-0.25, -0.2) is 0 Å². The molecule has 0 spiro atoms. The summed E-state index contributed by atoms with van der Waals surface area (Å²) in [5.74, 6) is -0.719. The van der Waals surface area contributed by atoms with Gasteiger partial charge in [0.25, 0.3) is 5.91 Å². The first-order valence-electron chi connectivity index (χ1n) is 9.01. The highest BCUT2D eigenvalue weighted by Crippen LogP contribution is 2.13. The van der Waals surface area contributed by atoms with Crippen molar-refractivity contribution >= 4 is 11.9 Å². The van der Waals surface area contributed by atoms with Crippen LogP contribution in [0.2, 0.25) is 0 Å². The molecule has 1 aromatic rings. The Bertz CT molecular complexity index is 544. The summed E-state index contributed by atoms with van der Waals surface area (Å²) in [7, 11) is 1.37. The van der Waals surface area contributed by atoms with E-state index in [1.165, 1.54) is 7.11 Å². The van der Waals surface area contributed by atoms with E-state index in [9.17, 15) is 9.59 Å². The molecule has 0 saturated heterocycles. The van der Waals surface area contributed by atoms with Crippen molar-refractivity contribution in [2.45, 2.75) is 40.0 Å². The van der Waals surface area contributed by atoms with Crippen molar-refractivity contribution in [1.82, 2.24) is 4.90 Å². The van der Waals surface area contributed by atoms with Gasteiger partial charge >= 0.3 is 5.97 Å². The van der Waals surface area contributed by atoms with Crippen LogP contribution in [0.3, 0.4) is 0 Å². The van der Waals surface area contributed by atoms with Gasteiger partial charge in [0, 0.05) is 31.9 Å². The average Bonchev–Trinajstić information content (AvgIpc) is 2.62. The van der Waals surface area contributed by atoms with Crippen LogP contribution in [0.15, 0.2) is 24.3 Å². The minimum atomic E-state index is -0.362. The largest absolute Gasteiger partial charge is 0.469 e. The molecule has 1 rings (SSSR count). The number of amides is 1. The average molecular weight is 349 g/mol. The summed E-state index contributed by atoms with van der Waals surface area (Å²) in [6.45, 7) is 8.09. The van der Waals surface area contributed by atoms with Crippen molar-refractivity contribution in [2.24, 2.45) is 5.92 Å². The maximum absolute atomic E-state index is 12.9. The number of unbranched alkanes of at least 4 members (excludes halogenated alkanes) is 1. The van der Waals surface area contributed by atoms with E-state index >= 15 is 0 Å². The summed E-state index contributed by atoms with van der Waals surface area (Å²) in [6.07, 6.45) is 2.90. The number of aryl methyl sites for hydroxylation is 1. The molecule has 5 heteroatoms. The van der Waals surface area contributed by atoms with E-state index in [0.29, 0.717) is 25.3 Å². The van der Waals surface area contributed by atoms with Crippen LogP contribution < -0.4 is 0 Å². The van der Waals surface area contributed by atoms with Crippen LogP contribution in [0, 0.1) is 12.8 Å². The number of nitrogens with zero attached hydrogens (tertiary/aromatic N) is 1. The minimum absolute atomic E-state index is 0.0533. The molecule has 1 unspecified atom stereocenters. The van der Waals surface area contributed by atoms with Crippen molar-refractivity contribution in [3.63, 3.8) is 0 Å². The number of methoxy groups -OCH3 is 1. The number of ether oxygens (including phenoxy) is 2. The number of hydrogen-bond donors (Lipinski definition) is 0. The minimum Gasteiger partial charge on any atom is -0.469 e. The molecule has 0 aromatic heterocycles. The Morgan fingerprint density at radius 2 is 1.84 bits per heavy atom. The molecule has 0 aliphatic carbocycles. The number of benzene rings is 1. The van der Waals surface area contributed by atoms with Gasteiger partial charge in [-0.05, 0) is 31.4 Å². The number of carbonyl (C=O) groups is 2. The number of hydrogen-bond acceptors (Lipinski definition) is 4. The Morgan fingerprint density at radius 3 is 2.48 bits per heavy atom. The fourth-order valence-electron chi connectivity index (χ4n) is 2.57. The summed E-state index contributed by atoms with van der Waals surface area (Å²) < 4.78 is 10.4. The lowest BCUT2D eigenvalue weighted by atomic mass is 10.1. The van der Waals surface area contributed by atoms with Gasteiger partial charge in [-0.3, -0.25) is 9.59 Å². The zero-order valence-electron chi connectivity index (χ0n) is 15.9. The molecule has 0 aliphatic rings. The Kier molecular flexibility index (Phi) is 9.85. The summed E-state index contributed by atoms with van der Waals surface area (Å²) in [5, 5.41) is 0. The number of carbonyl (C=O) groups excluding carboxylic acids is 2. The molecule has 1 amide bonds. The quantitative estimate of drug-likeness (QED) is 0.453. The zero-order chi connectivity index (χ0) is 18.7. The third-order valence-electron chi connectivity index (χ3n) is 4.12. The number of esters is 1. The van der Waals surface area contributed by atoms with Crippen LogP contribution in [-0.2, 0) is 14.3 Å². The SMILES string of the molecule is CCCCOCCCN(CC(C)C(=O)OC)C(=O)c1ccccc1C. The van der Waals surface area contributed by atoms with Crippen LogP contribution in [0.4, 0.5) is 0 Å². The molecule has 0 radical (unpaired) electrons. The molecule has 0 bridgehead atoms. The predicted molar refractivity (Wildman–Crippen MR) is 98.6 cm³/mol. The summed E-state index contributed by atoms with van der Waals surface area (Å²) in [5.41, 5.74) is 1.61. The summed E-state index contributed by atoms with van der Waals surface area (Å²) >= 11 is 0. The van der Waals surface area contributed by atoms with Crippen LogP contribution in [0.1, 0.15) is 49.0 Å². The zero-order valence-corrected chi connectivity index (χ0v) is 15.9. The van der Waals surface area contributed by atoms with E-state index in [-0.39, 0.29) is 17.8 Å². The lowest BCUT2D eigenvalue weighted by molar-refractivity contribution is -0.145. The smallest absolute Gasteiger partial charge is 0.310 e. The van der Waals surface area contributed by atoms with Gasteiger partial charge in [0.1, 0.15) is 0 Å². The van der Waals surface area contributed by atoms with Crippen molar-refractivity contribution in [3.05, 3.63) is 35.4 Å². The summed E-state index contributed by atoms with van der Waals surface area (Å²) in [4.78, 5) is 26.4. The second kappa shape index (κ2) is 11.6. The first-order chi connectivity index (χ1) is 12.0.